The van der Waals surface area contributed by atoms with Crippen molar-refractivity contribution < 1.29 is 23.9 Å². The molecule has 0 atom stereocenters. The number of nitro groups is 1. The summed E-state index contributed by atoms with van der Waals surface area (Å²) in [6, 6.07) is 2.65. The molecule has 102 valence electrons. The van der Waals surface area contributed by atoms with Crippen LogP contribution in [0.15, 0.2) is 18.2 Å². The molecule has 0 saturated heterocycles. The Kier molecular flexibility index (Phi) is 4.87. The maximum absolute atomic E-state index is 11.0. The topological polar surface area (TPSA) is 87.9 Å². The maximum atomic E-state index is 11.0. The summed E-state index contributed by atoms with van der Waals surface area (Å²) in [4.78, 5) is 21.3. The average molecular weight is 267 g/mol. The SMILES string of the molecule is COC(=O)/C=C/c1cc([N+](=O)[O-])c(OC)cc1OC. The first kappa shape index (κ1) is 14.5. The molecule has 0 heterocycles. The molecule has 7 nitrogen and oxygen atoms in total. The lowest BCUT2D eigenvalue weighted by Crippen LogP contribution is -1.98. The lowest BCUT2D eigenvalue weighted by molar-refractivity contribution is -0.385. The van der Waals surface area contributed by atoms with Gasteiger partial charge in [0, 0.05) is 23.8 Å². The number of benzene rings is 1. The Balaban J connectivity index is 3.29. The standard InChI is InChI=1S/C12H13NO6/c1-17-10-7-11(18-2)9(13(15)16)6-8(10)4-5-12(14)19-3/h4-7H,1-3H3/b5-4+. The molecule has 7 heteroatoms. The van der Waals surface area contributed by atoms with Crippen LogP contribution in [-0.2, 0) is 9.53 Å². The third-order valence-corrected chi connectivity index (χ3v) is 2.33. The normalized spacial score (nSPS) is 10.3. The van der Waals surface area contributed by atoms with E-state index in [1.54, 1.807) is 0 Å². The number of ether oxygens (including phenoxy) is 3. The zero-order chi connectivity index (χ0) is 14.4. The van der Waals surface area contributed by atoms with E-state index in [0.29, 0.717) is 11.3 Å². The van der Waals surface area contributed by atoms with Gasteiger partial charge in [-0.05, 0) is 6.08 Å². The first-order valence-electron chi connectivity index (χ1n) is 5.20. The van der Waals surface area contributed by atoms with E-state index in [4.69, 9.17) is 9.47 Å². The van der Waals surface area contributed by atoms with Gasteiger partial charge in [-0.2, -0.15) is 0 Å². The van der Waals surface area contributed by atoms with Gasteiger partial charge in [0.25, 0.3) is 0 Å². The Morgan fingerprint density at radius 2 is 1.84 bits per heavy atom. The van der Waals surface area contributed by atoms with E-state index in [0.717, 1.165) is 6.08 Å². The molecular weight excluding hydrogens is 254 g/mol. The minimum Gasteiger partial charge on any atom is -0.496 e. The van der Waals surface area contributed by atoms with E-state index in [2.05, 4.69) is 4.74 Å². The predicted octanol–water partition coefficient (Wildman–Crippen LogP) is 1.80. The van der Waals surface area contributed by atoms with Crippen LogP contribution in [0.1, 0.15) is 5.56 Å². The van der Waals surface area contributed by atoms with Gasteiger partial charge in [0.2, 0.25) is 5.75 Å². The molecule has 0 aromatic heterocycles. The summed E-state index contributed by atoms with van der Waals surface area (Å²) < 4.78 is 14.4. The van der Waals surface area contributed by atoms with E-state index in [1.807, 2.05) is 0 Å². The number of carbonyl (C=O) groups excluding carboxylic acids is 1. The van der Waals surface area contributed by atoms with Gasteiger partial charge in [-0.25, -0.2) is 4.79 Å². The molecule has 1 rings (SSSR count). The van der Waals surface area contributed by atoms with Crippen molar-refractivity contribution in [2.45, 2.75) is 0 Å². The van der Waals surface area contributed by atoms with Crippen LogP contribution in [0.2, 0.25) is 0 Å². The van der Waals surface area contributed by atoms with E-state index in [9.17, 15) is 14.9 Å². The van der Waals surface area contributed by atoms with Crippen LogP contribution >= 0.6 is 0 Å². The van der Waals surface area contributed by atoms with Crippen LogP contribution in [-0.4, -0.2) is 32.2 Å². The van der Waals surface area contributed by atoms with Crippen LogP contribution in [0.25, 0.3) is 6.08 Å². The highest BCUT2D eigenvalue weighted by atomic mass is 16.6. The van der Waals surface area contributed by atoms with E-state index < -0.39 is 10.9 Å². The molecule has 0 aliphatic heterocycles. The van der Waals surface area contributed by atoms with Crippen LogP contribution in [0.3, 0.4) is 0 Å². The van der Waals surface area contributed by atoms with Gasteiger partial charge >= 0.3 is 11.7 Å². The van der Waals surface area contributed by atoms with Crippen molar-refractivity contribution in [3.63, 3.8) is 0 Å². The summed E-state index contributed by atoms with van der Waals surface area (Å²) in [6.45, 7) is 0. The molecule has 0 radical (unpaired) electrons. The van der Waals surface area contributed by atoms with Crippen LogP contribution in [0.4, 0.5) is 5.69 Å². The summed E-state index contributed by atoms with van der Waals surface area (Å²) >= 11 is 0. The summed E-state index contributed by atoms with van der Waals surface area (Å²) in [5, 5.41) is 10.9. The molecule has 1 aromatic rings. The highest BCUT2D eigenvalue weighted by Gasteiger charge is 2.18. The van der Waals surface area contributed by atoms with Crippen molar-refractivity contribution >= 4 is 17.7 Å². The second-order valence-electron chi connectivity index (χ2n) is 3.38. The molecule has 19 heavy (non-hydrogen) atoms. The zero-order valence-electron chi connectivity index (χ0n) is 10.7. The molecule has 0 unspecified atom stereocenters. The smallest absolute Gasteiger partial charge is 0.330 e. The summed E-state index contributed by atoms with van der Waals surface area (Å²) in [6.07, 6.45) is 2.52. The second-order valence-corrected chi connectivity index (χ2v) is 3.38. The molecule has 0 N–H and O–H groups in total. The number of nitro benzene ring substituents is 1. The van der Waals surface area contributed by atoms with Gasteiger partial charge in [0.15, 0.2) is 0 Å². The van der Waals surface area contributed by atoms with E-state index in [-0.39, 0.29) is 11.4 Å². The number of rotatable bonds is 5. The highest BCUT2D eigenvalue weighted by molar-refractivity contribution is 5.87. The molecule has 0 saturated carbocycles. The number of hydrogen-bond donors (Lipinski definition) is 0. The summed E-state index contributed by atoms with van der Waals surface area (Å²) in [7, 11) is 3.97. The summed E-state index contributed by atoms with van der Waals surface area (Å²) in [5.41, 5.74) is 0.160. The largest absolute Gasteiger partial charge is 0.496 e. The van der Waals surface area contributed by atoms with Gasteiger partial charge < -0.3 is 14.2 Å². The first-order chi connectivity index (χ1) is 9.03. The average Bonchev–Trinajstić information content (AvgIpc) is 2.43. The monoisotopic (exact) mass is 267 g/mol. The molecule has 0 bridgehead atoms. The number of nitrogens with zero attached hydrogens (tertiary/aromatic N) is 1. The molecule has 0 aliphatic rings. The molecule has 0 spiro atoms. The minimum atomic E-state index is -0.576. The Labute approximate surface area is 109 Å². The number of carbonyl (C=O) groups is 1. The Morgan fingerprint density at radius 3 is 2.32 bits per heavy atom. The lowest BCUT2D eigenvalue weighted by Gasteiger charge is -2.08. The lowest BCUT2D eigenvalue weighted by atomic mass is 10.1. The maximum Gasteiger partial charge on any atom is 0.330 e. The fourth-order valence-corrected chi connectivity index (χ4v) is 1.40. The fourth-order valence-electron chi connectivity index (χ4n) is 1.40. The third kappa shape index (κ3) is 3.44. The van der Waals surface area contributed by atoms with Crippen molar-refractivity contribution in [1.82, 2.24) is 0 Å². The number of methoxy groups -OCH3 is 3. The van der Waals surface area contributed by atoms with E-state index in [1.165, 1.54) is 39.5 Å². The van der Waals surface area contributed by atoms with Crippen molar-refractivity contribution in [1.29, 1.82) is 0 Å². The summed E-state index contributed by atoms with van der Waals surface area (Å²) in [5.74, 6) is -0.139. The number of hydrogen-bond acceptors (Lipinski definition) is 6. The van der Waals surface area contributed by atoms with Gasteiger partial charge in [-0.15, -0.1) is 0 Å². The minimum absolute atomic E-state index is 0.0806. The van der Waals surface area contributed by atoms with Crippen LogP contribution in [0.5, 0.6) is 11.5 Å². The molecule has 0 amide bonds. The predicted molar refractivity (Wildman–Crippen MR) is 67.3 cm³/mol. The van der Waals surface area contributed by atoms with Crippen molar-refractivity contribution in [2.75, 3.05) is 21.3 Å². The Bertz CT molecular complexity index is 523. The van der Waals surface area contributed by atoms with E-state index >= 15 is 0 Å². The molecule has 1 aromatic carbocycles. The van der Waals surface area contributed by atoms with Crippen molar-refractivity contribution in [3.8, 4) is 11.5 Å². The first-order valence-corrected chi connectivity index (χ1v) is 5.20. The second kappa shape index (κ2) is 6.39. The van der Waals surface area contributed by atoms with Crippen LogP contribution < -0.4 is 9.47 Å². The Morgan fingerprint density at radius 1 is 1.21 bits per heavy atom. The number of esters is 1. The van der Waals surface area contributed by atoms with Gasteiger partial charge in [0.05, 0.1) is 26.3 Å². The van der Waals surface area contributed by atoms with Gasteiger partial charge in [-0.1, -0.05) is 0 Å². The van der Waals surface area contributed by atoms with Gasteiger partial charge in [-0.3, -0.25) is 10.1 Å². The van der Waals surface area contributed by atoms with Crippen molar-refractivity contribution in [3.05, 3.63) is 33.9 Å². The Hall–Kier alpha value is -2.57. The highest BCUT2D eigenvalue weighted by Crippen LogP contribution is 2.34. The third-order valence-electron chi connectivity index (χ3n) is 2.33. The molecule has 0 aliphatic carbocycles. The zero-order valence-corrected chi connectivity index (χ0v) is 10.7. The van der Waals surface area contributed by atoms with Crippen LogP contribution in [0, 0.1) is 10.1 Å². The molecular formula is C12H13NO6. The molecule has 0 fully saturated rings. The fraction of sp³-hybridized carbons (Fsp3) is 0.250. The quantitative estimate of drug-likeness (QED) is 0.350. The van der Waals surface area contributed by atoms with Gasteiger partial charge in [0.1, 0.15) is 5.75 Å². The van der Waals surface area contributed by atoms with Crippen molar-refractivity contribution in [2.24, 2.45) is 0 Å².